The van der Waals surface area contributed by atoms with Crippen LogP contribution in [0.15, 0.2) is 35.1 Å². The number of nitro benzene ring substituents is 1. The predicted octanol–water partition coefficient (Wildman–Crippen LogP) is 1.69. The molecule has 0 aliphatic heterocycles. The number of benzene rings is 1. The molecule has 1 aromatic heterocycles. The van der Waals surface area contributed by atoms with Gasteiger partial charge < -0.3 is 10.7 Å². The number of hydrazine groups is 1. The van der Waals surface area contributed by atoms with Gasteiger partial charge in [-0.05, 0) is 22.0 Å². The first-order valence-electron chi connectivity index (χ1n) is 5.55. The summed E-state index contributed by atoms with van der Waals surface area (Å²) >= 11 is 3.16. The van der Waals surface area contributed by atoms with Crippen LogP contribution in [-0.2, 0) is 0 Å². The van der Waals surface area contributed by atoms with Crippen LogP contribution in [0.2, 0.25) is 0 Å². The molecule has 0 saturated heterocycles. The third-order valence-electron chi connectivity index (χ3n) is 2.43. The average molecular weight is 353 g/mol. The first-order valence-corrected chi connectivity index (χ1v) is 6.34. The maximum absolute atomic E-state index is 12.0. The van der Waals surface area contributed by atoms with Gasteiger partial charge in [0, 0.05) is 16.6 Å². The fourth-order valence-corrected chi connectivity index (χ4v) is 1.92. The standard InChI is InChI=1S/C11H9BrN6O3/c12-7-3-6(18(20)21)1-2-8(7)16-11(19)9-4-14-5-10(15-9)17-13/h1-5H,13H2,(H,15,17)(H,16,19). The summed E-state index contributed by atoms with van der Waals surface area (Å²) in [6, 6.07) is 3.99. The SMILES string of the molecule is NNc1cncc(C(=O)Nc2ccc([N+](=O)[O-])cc2Br)n1. The molecule has 10 heteroatoms. The summed E-state index contributed by atoms with van der Waals surface area (Å²) in [5.41, 5.74) is 2.62. The number of anilines is 2. The molecule has 9 nitrogen and oxygen atoms in total. The molecule has 0 aliphatic carbocycles. The van der Waals surface area contributed by atoms with E-state index in [1.54, 1.807) is 0 Å². The Kier molecular flexibility index (Phi) is 4.40. The number of nitrogen functional groups attached to an aromatic ring is 1. The molecule has 0 saturated carbocycles. The number of nitrogens with one attached hydrogen (secondary N) is 2. The number of nitrogens with two attached hydrogens (primary N) is 1. The molecule has 0 bridgehead atoms. The summed E-state index contributed by atoms with van der Waals surface area (Å²) in [6.07, 6.45) is 2.63. The summed E-state index contributed by atoms with van der Waals surface area (Å²) in [7, 11) is 0. The number of amides is 1. The molecular weight excluding hydrogens is 344 g/mol. The highest BCUT2D eigenvalue weighted by Gasteiger charge is 2.13. The second-order valence-electron chi connectivity index (χ2n) is 3.81. The first kappa shape index (κ1) is 14.8. The van der Waals surface area contributed by atoms with Gasteiger partial charge in [-0.15, -0.1) is 0 Å². The Morgan fingerprint density at radius 2 is 2.14 bits per heavy atom. The highest BCUT2D eigenvalue weighted by Crippen LogP contribution is 2.27. The van der Waals surface area contributed by atoms with Gasteiger partial charge in [0.05, 0.1) is 23.0 Å². The van der Waals surface area contributed by atoms with Gasteiger partial charge in [0.15, 0.2) is 5.82 Å². The van der Waals surface area contributed by atoms with Crippen molar-refractivity contribution < 1.29 is 9.72 Å². The molecule has 2 aromatic rings. The molecular formula is C11H9BrN6O3. The normalized spacial score (nSPS) is 10.0. The number of halogens is 1. The van der Waals surface area contributed by atoms with Gasteiger partial charge in [0.1, 0.15) is 5.69 Å². The minimum atomic E-state index is -0.530. The van der Waals surface area contributed by atoms with Crippen LogP contribution in [0.3, 0.4) is 0 Å². The Labute approximate surface area is 126 Å². The van der Waals surface area contributed by atoms with Gasteiger partial charge in [0.25, 0.3) is 11.6 Å². The van der Waals surface area contributed by atoms with E-state index >= 15 is 0 Å². The van der Waals surface area contributed by atoms with Crippen molar-refractivity contribution in [2.75, 3.05) is 10.7 Å². The fraction of sp³-hybridized carbons (Fsp3) is 0. The van der Waals surface area contributed by atoms with Crippen molar-refractivity contribution in [2.45, 2.75) is 0 Å². The summed E-state index contributed by atoms with van der Waals surface area (Å²) in [4.78, 5) is 29.9. The van der Waals surface area contributed by atoms with Crippen molar-refractivity contribution in [1.29, 1.82) is 0 Å². The van der Waals surface area contributed by atoms with E-state index in [2.05, 4.69) is 36.6 Å². The number of hydrogen-bond acceptors (Lipinski definition) is 7. The maximum atomic E-state index is 12.0. The quantitative estimate of drug-likeness (QED) is 0.432. The Morgan fingerprint density at radius 1 is 1.38 bits per heavy atom. The van der Waals surface area contributed by atoms with Crippen LogP contribution in [0.4, 0.5) is 17.2 Å². The maximum Gasteiger partial charge on any atom is 0.275 e. The smallest absolute Gasteiger partial charge is 0.275 e. The summed E-state index contributed by atoms with van der Waals surface area (Å²) in [5, 5.41) is 13.2. The number of aromatic nitrogens is 2. The molecule has 4 N–H and O–H groups in total. The van der Waals surface area contributed by atoms with Gasteiger partial charge in [-0.25, -0.2) is 10.8 Å². The molecule has 1 amide bonds. The molecule has 0 atom stereocenters. The number of non-ortho nitro benzene ring substituents is 1. The van der Waals surface area contributed by atoms with Gasteiger partial charge in [-0.3, -0.25) is 19.9 Å². The summed E-state index contributed by atoms with van der Waals surface area (Å²) < 4.78 is 0.381. The topological polar surface area (TPSA) is 136 Å². The second-order valence-corrected chi connectivity index (χ2v) is 4.66. The van der Waals surface area contributed by atoms with Crippen molar-refractivity contribution in [2.24, 2.45) is 5.84 Å². The van der Waals surface area contributed by atoms with Gasteiger partial charge in [0.2, 0.25) is 0 Å². The van der Waals surface area contributed by atoms with Crippen LogP contribution in [0.1, 0.15) is 10.5 Å². The molecule has 0 aliphatic rings. The van der Waals surface area contributed by atoms with Crippen LogP contribution < -0.4 is 16.6 Å². The Bertz CT molecular complexity index is 708. The Balaban J connectivity index is 2.21. The van der Waals surface area contributed by atoms with Crippen LogP contribution in [0, 0.1) is 10.1 Å². The highest BCUT2D eigenvalue weighted by atomic mass is 79.9. The Morgan fingerprint density at radius 3 is 2.76 bits per heavy atom. The second kappa shape index (κ2) is 6.24. The summed E-state index contributed by atoms with van der Waals surface area (Å²) in [5.74, 6) is 4.91. The average Bonchev–Trinajstić information content (AvgIpc) is 2.49. The zero-order valence-electron chi connectivity index (χ0n) is 10.4. The van der Waals surface area contributed by atoms with Crippen molar-refractivity contribution >= 4 is 39.0 Å². The molecule has 0 spiro atoms. The van der Waals surface area contributed by atoms with Gasteiger partial charge >= 0.3 is 0 Å². The predicted molar refractivity (Wildman–Crippen MR) is 78.6 cm³/mol. The lowest BCUT2D eigenvalue weighted by atomic mass is 10.2. The number of nitrogens with zero attached hydrogens (tertiary/aromatic N) is 3. The van der Waals surface area contributed by atoms with E-state index in [-0.39, 0.29) is 17.2 Å². The van der Waals surface area contributed by atoms with Crippen LogP contribution in [-0.4, -0.2) is 20.8 Å². The van der Waals surface area contributed by atoms with E-state index in [1.165, 1.54) is 30.6 Å². The van der Waals surface area contributed by atoms with Crippen molar-refractivity contribution in [3.63, 3.8) is 0 Å². The number of rotatable bonds is 4. The van der Waals surface area contributed by atoms with E-state index < -0.39 is 10.8 Å². The molecule has 1 heterocycles. The van der Waals surface area contributed by atoms with Crippen molar-refractivity contribution in [3.8, 4) is 0 Å². The number of hydrogen-bond donors (Lipinski definition) is 3. The number of carbonyl (C=O) groups is 1. The lowest BCUT2D eigenvalue weighted by molar-refractivity contribution is -0.384. The largest absolute Gasteiger partial charge is 0.320 e. The van der Waals surface area contributed by atoms with Gasteiger partial charge in [-0.1, -0.05) is 0 Å². The first-order chi connectivity index (χ1) is 10.0. The molecule has 1 aromatic carbocycles. The zero-order chi connectivity index (χ0) is 15.4. The van der Waals surface area contributed by atoms with Gasteiger partial charge in [-0.2, -0.15) is 0 Å². The van der Waals surface area contributed by atoms with E-state index in [0.29, 0.717) is 10.2 Å². The minimum Gasteiger partial charge on any atom is -0.320 e. The van der Waals surface area contributed by atoms with E-state index in [4.69, 9.17) is 5.84 Å². The molecule has 0 fully saturated rings. The zero-order valence-corrected chi connectivity index (χ0v) is 12.0. The lowest BCUT2D eigenvalue weighted by Crippen LogP contribution is -2.17. The molecule has 21 heavy (non-hydrogen) atoms. The monoisotopic (exact) mass is 352 g/mol. The van der Waals surface area contributed by atoms with Crippen LogP contribution in [0.25, 0.3) is 0 Å². The Hall–Kier alpha value is -2.59. The van der Waals surface area contributed by atoms with Crippen LogP contribution in [0.5, 0.6) is 0 Å². The third kappa shape index (κ3) is 3.49. The number of nitro groups is 1. The van der Waals surface area contributed by atoms with Crippen molar-refractivity contribution in [3.05, 3.63) is 50.9 Å². The molecule has 0 unspecified atom stereocenters. The summed E-state index contributed by atoms with van der Waals surface area (Å²) in [6.45, 7) is 0. The third-order valence-corrected chi connectivity index (χ3v) is 3.08. The van der Waals surface area contributed by atoms with Crippen molar-refractivity contribution in [1.82, 2.24) is 9.97 Å². The van der Waals surface area contributed by atoms with E-state index in [9.17, 15) is 14.9 Å². The minimum absolute atomic E-state index is 0.0516. The van der Waals surface area contributed by atoms with E-state index in [1.807, 2.05) is 0 Å². The molecule has 2 rings (SSSR count). The molecule has 0 radical (unpaired) electrons. The van der Waals surface area contributed by atoms with E-state index in [0.717, 1.165) is 0 Å². The lowest BCUT2D eigenvalue weighted by Gasteiger charge is -2.07. The van der Waals surface area contributed by atoms with Crippen LogP contribution >= 0.6 is 15.9 Å². The fourth-order valence-electron chi connectivity index (χ4n) is 1.45. The number of carbonyl (C=O) groups excluding carboxylic acids is 1. The molecule has 108 valence electrons. The highest BCUT2D eigenvalue weighted by molar-refractivity contribution is 9.10.